The van der Waals surface area contributed by atoms with Crippen LogP contribution < -0.4 is 4.90 Å². The van der Waals surface area contributed by atoms with Gasteiger partial charge in [-0.3, -0.25) is 14.7 Å². The molecule has 0 radical (unpaired) electrons. The Bertz CT molecular complexity index is 1120. The Morgan fingerprint density at radius 2 is 1.88 bits per heavy atom. The average molecular weight is 481 g/mol. The molecule has 178 valence electrons. The van der Waals surface area contributed by atoms with Crippen molar-refractivity contribution >= 4 is 33.3 Å². The van der Waals surface area contributed by atoms with Crippen LogP contribution in [0.2, 0.25) is 0 Å². The summed E-state index contributed by atoms with van der Waals surface area (Å²) in [5.41, 5.74) is 1.86. The van der Waals surface area contributed by atoms with Gasteiger partial charge in [0.2, 0.25) is 5.91 Å². The number of anilines is 1. The number of ether oxygens (including phenoxy) is 1. The second-order valence-electron chi connectivity index (χ2n) is 7.95. The lowest BCUT2D eigenvalue weighted by atomic mass is 10.2. The van der Waals surface area contributed by atoms with Crippen LogP contribution in [0, 0.1) is 12.8 Å². The van der Waals surface area contributed by atoms with Crippen LogP contribution >= 0.6 is 11.3 Å². The normalized spacial score (nSPS) is 16.8. The van der Waals surface area contributed by atoms with Crippen molar-refractivity contribution < 1.29 is 14.6 Å². The first-order chi connectivity index (χ1) is 16.7. The van der Waals surface area contributed by atoms with Gasteiger partial charge in [0, 0.05) is 68.6 Å². The fraction of sp³-hybridized carbons (Fsp3) is 0.417. The maximum Gasteiger partial charge on any atom is 0.248 e. The van der Waals surface area contributed by atoms with Crippen molar-refractivity contribution in [3.63, 3.8) is 0 Å². The molecule has 2 aliphatic rings. The van der Waals surface area contributed by atoms with E-state index in [4.69, 9.17) is 19.8 Å². The Balaban J connectivity index is 0.00000133. The van der Waals surface area contributed by atoms with Gasteiger partial charge in [-0.1, -0.05) is 0 Å². The minimum Gasteiger partial charge on any atom is -0.387 e. The number of carbonyl (C=O) groups excluding carboxylic acids is 1. The van der Waals surface area contributed by atoms with Crippen LogP contribution in [0.5, 0.6) is 0 Å². The zero-order valence-corrected chi connectivity index (χ0v) is 19.8. The molecule has 5 heterocycles. The molecule has 0 bridgehead atoms. The molecule has 3 aromatic rings. The second kappa shape index (κ2) is 11.4. The van der Waals surface area contributed by atoms with E-state index in [0.29, 0.717) is 32.1 Å². The summed E-state index contributed by atoms with van der Waals surface area (Å²) in [6.07, 6.45) is 11.5. The van der Waals surface area contributed by atoms with E-state index in [1.165, 1.54) is 4.88 Å². The maximum absolute atomic E-state index is 11.7. The van der Waals surface area contributed by atoms with Crippen molar-refractivity contribution in [1.29, 1.82) is 0 Å². The second-order valence-corrected chi connectivity index (χ2v) is 9.09. The molecular formula is C24H28N6O3S. The van der Waals surface area contributed by atoms with Crippen LogP contribution in [0.25, 0.3) is 21.6 Å². The van der Waals surface area contributed by atoms with Gasteiger partial charge < -0.3 is 19.6 Å². The summed E-state index contributed by atoms with van der Waals surface area (Å²) in [7, 11) is 0. The first kappa shape index (κ1) is 24.0. The van der Waals surface area contributed by atoms with E-state index < -0.39 is 6.61 Å². The van der Waals surface area contributed by atoms with Crippen LogP contribution in [-0.2, 0) is 16.1 Å². The van der Waals surface area contributed by atoms with Crippen LogP contribution in [0.15, 0.2) is 30.6 Å². The van der Waals surface area contributed by atoms with Crippen LogP contribution in [0.3, 0.4) is 0 Å². The highest BCUT2D eigenvalue weighted by Gasteiger charge is 2.23. The summed E-state index contributed by atoms with van der Waals surface area (Å²) >= 11 is 1.74. The Morgan fingerprint density at radius 3 is 2.56 bits per heavy atom. The zero-order valence-electron chi connectivity index (χ0n) is 19.0. The van der Waals surface area contributed by atoms with Crippen LogP contribution in [0.1, 0.15) is 4.88 Å². The molecule has 2 fully saturated rings. The largest absolute Gasteiger partial charge is 0.387 e. The molecule has 5 rings (SSSR count). The number of terminal acetylenes is 1. The Morgan fingerprint density at radius 1 is 1.12 bits per heavy atom. The third-order valence-corrected chi connectivity index (χ3v) is 6.98. The summed E-state index contributed by atoms with van der Waals surface area (Å²) in [5, 5.41) is 9.08. The molecule has 9 nitrogen and oxygen atoms in total. The van der Waals surface area contributed by atoms with Gasteiger partial charge in [0.25, 0.3) is 0 Å². The number of amides is 1. The first-order valence-corrected chi connectivity index (χ1v) is 12.0. The van der Waals surface area contributed by atoms with Gasteiger partial charge in [0.05, 0.1) is 23.4 Å². The third kappa shape index (κ3) is 5.34. The van der Waals surface area contributed by atoms with E-state index in [1.807, 2.05) is 12.1 Å². The fourth-order valence-electron chi connectivity index (χ4n) is 4.13. The lowest BCUT2D eigenvalue weighted by Gasteiger charge is -2.34. The number of aromatic nitrogens is 3. The van der Waals surface area contributed by atoms with E-state index in [9.17, 15) is 4.79 Å². The number of hydrogen-bond donors (Lipinski definition) is 1. The molecule has 0 spiro atoms. The number of pyridine rings is 1. The Hall–Kier alpha value is -3.10. The van der Waals surface area contributed by atoms with Crippen molar-refractivity contribution in [3.8, 4) is 24.2 Å². The number of fused-ring (bicyclic) bond motifs is 1. The molecule has 2 aliphatic heterocycles. The van der Waals surface area contributed by atoms with Crippen molar-refractivity contribution in [1.82, 2.24) is 24.8 Å². The van der Waals surface area contributed by atoms with E-state index >= 15 is 0 Å². The summed E-state index contributed by atoms with van der Waals surface area (Å²) in [4.78, 5) is 33.3. The number of morpholine rings is 1. The Kier molecular flexibility index (Phi) is 8.03. The molecule has 0 atom stereocenters. The van der Waals surface area contributed by atoms with Crippen LogP contribution in [-0.4, -0.2) is 94.9 Å². The van der Waals surface area contributed by atoms with Crippen molar-refractivity contribution in [2.75, 3.05) is 64.0 Å². The van der Waals surface area contributed by atoms with Gasteiger partial charge in [0.15, 0.2) is 11.6 Å². The quantitative estimate of drug-likeness (QED) is 0.549. The van der Waals surface area contributed by atoms with Gasteiger partial charge in [-0.05, 0) is 18.2 Å². The lowest BCUT2D eigenvalue weighted by Crippen LogP contribution is -2.49. The number of aliphatic hydroxyl groups excluding tert-OH is 1. The van der Waals surface area contributed by atoms with E-state index in [0.717, 1.165) is 54.3 Å². The standard InChI is InChI=1S/C22H26N6O3S.C2H2/c29-15-19(30)27-6-4-26(5-7-27)14-17-12-18-20(32-17)22(28-8-10-31-11-9-28)25-21(24-18)16-2-1-3-23-13-16;1-2/h1-3,12-13,29H,4-11,14-15H2;1-2H. The zero-order chi connectivity index (χ0) is 23.9. The maximum atomic E-state index is 11.7. The monoisotopic (exact) mass is 480 g/mol. The molecule has 0 unspecified atom stereocenters. The van der Waals surface area contributed by atoms with Crippen molar-refractivity contribution in [2.45, 2.75) is 6.54 Å². The number of carbonyl (C=O) groups is 1. The minimum atomic E-state index is -0.418. The SMILES string of the molecule is C#C.O=C(CO)N1CCN(Cc2cc3nc(-c4cccnc4)nc(N4CCOCC4)c3s2)CC1. The van der Waals surface area contributed by atoms with Crippen LogP contribution in [0.4, 0.5) is 5.82 Å². The molecule has 2 saturated heterocycles. The number of aliphatic hydroxyl groups is 1. The lowest BCUT2D eigenvalue weighted by molar-refractivity contribution is -0.135. The number of hydrogen-bond acceptors (Lipinski definition) is 9. The molecule has 0 aliphatic carbocycles. The number of piperazine rings is 1. The molecule has 0 saturated carbocycles. The third-order valence-electron chi connectivity index (χ3n) is 5.87. The molecular weight excluding hydrogens is 452 g/mol. The van der Waals surface area contributed by atoms with E-state index in [1.54, 1.807) is 28.6 Å². The van der Waals surface area contributed by atoms with E-state index in [-0.39, 0.29) is 5.91 Å². The molecule has 0 aromatic carbocycles. The molecule has 1 N–H and O–H groups in total. The number of thiophene rings is 1. The highest BCUT2D eigenvalue weighted by Crippen LogP contribution is 2.35. The predicted octanol–water partition coefficient (Wildman–Crippen LogP) is 1.48. The van der Waals surface area contributed by atoms with Gasteiger partial charge in [-0.25, -0.2) is 9.97 Å². The fourth-order valence-corrected chi connectivity index (χ4v) is 5.29. The number of nitrogens with zero attached hydrogens (tertiary/aromatic N) is 6. The summed E-state index contributed by atoms with van der Waals surface area (Å²) < 4.78 is 6.65. The number of rotatable bonds is 5. The molecule has 1 amide bonds. The van der Waals surface area contributed by atoms with Gasteiger partial charge >= 0.3 is 0 Å². The molecule has 10 heteroatoms. The summed E-state index contributed by atoms with van der Waals surface area (Å²) in [6.45, 7) is 6.30. The van der Waals surface area contributed by atoms with Crippen molar-refractivity contribution in [3.05, 3.63) is 35.5 Å². The van der Waals surface area contributed by atoms with Crippen molar-refractivity contribution in [2.24, 2.45) is 0 Å². The average Bonchev–Trinajstić information content (AvgIpc) is 3.32. The minimum absolute atomic E-state index is 0.195. The smallest absolute Gasteiger partial charge is 0.248 e. The Labute approximate surface area is 203 Å². The highest BCUT2D eigenvalue weighted by atomic mass is 32.1. The van der Waals surface area contributed by atoms with Gasteiger partial charge in [0.1, 0.15) is 6.61 Å². The highest BCUT2D eigenvalue weighted by molar-refractivity contribution is 7.19. The van der Waals surface area contributed by atoms with Gasteiger partial charge in [-0.15, -0.1) is 24.2 Å². The molecule has 34 heavy (non-hydrogen) atoms. The van der Waals surface area contributed by atoms with Gasteiger partial charge in [-0.2, -0.15) is 0 Å². The topological polar surface area (TPSA) is 94.9 Å². The molecule has 3 aromatic heterocycles. The predicted molar refractivity (Wildman–Crippen MR) is 133 cm³/mol. The summed E-state index contributed by atoms with van der Waals surface area (Å²) in [5.74, 6) is 1.46. The van der Waals surface area contributed by atoms with E-state index in [2.05, 4.69) is 33.7 Å². The summed E-state index contributed by atoms with van der Waals surface area (Å²) in [6, 6.07) is 6.05. The first-order valence-electron chi connectivity index (χ1n) is 11.2.